The van der Waals surface area contributed by atoms with Crippen LogP contribution in [0.5, 0.6) is 0 Å². The van der Waals surface area contributed by atoms with Crippen molar-refractivity contribution in [3.05, 3.63) is 10.0 Å². The normalized spacial score (nSPS) is 17.9. The highest BCUT2D eigenvalue weighted by molar-refractivity contribution is 7.16. The molecule has 2 rings (SSSR count). The minimum absolute atomic E-state index is 0.188. The minimum atomic E-state index is 0.188. The van der Waals surface area contributed by atoms with Crippen LogP contribution in [-0.2, 0) is 0 Å². The number of rotatable bonds is 2. The fraction of sp³-hybridized carbons (Fsp3) is 0.500. The molecule has 1 aliphatic carbocycles. The second kappa shape index (κ2) is 2.86. The van der Waals surface area contributed by atoms with E-state index in [9.17, 15) is 0 Å². The zero-order valence-electron chi connectivity index (χ0n) is 7.09. The van der Waals surface area contributed by atoms with Gasteiger partial charge in [-0.15, -0.1) is 0 Å². The van der Waals surface area contributed by atoms with Crippen LogP contribution in [-0.4, -0.2) is 10.5 Å². The van der Waals surface area contributed by atoms with Gasteiger partial charge in [0.05, 0.1) is 0 Å². The topological polar surface area (TPSA) is 48.7 Å². The summed E-state index contributed by atoms with van der Waals surface area (Å²) in [5, 5.41) is 13.0. The van der Waals surface area contributed by atoms with Crippen LogP contribution in [0.2, 0.25) is 5.15 Å². The summed E-state index contributed by atoms with van der Waals surface area (Å²) < 4.78 is 0. The van der Waals surface area contributed by atoms with Crippen molar-refractivity contribution in [3.8, 4) is 6.07 Å². The summed E-state index contributed by atoms with van der Waals surface area (Å²) in [6.07, 6.45) is 2.32. The third-order valence-electron chi connectivity index (χ3n) is 2.10. The average Bonchev–Trinajstić information content (AvgIpc) is 2.67. The number of hydrogen-bond donors (Lipinski definition) is 1. The van der Waals surface area contributed by atoms with Crippen LogP contribution in [0.1, 0.15) is 24.6 Å². The lowest BCUT2D eigenvalue weighted by Crippen LogP contribution is -2.15. The second-order valence-corrected chi connectivity index (χ2v) is 4.79. The first-order valence-electron chi connectivity index (χ1n) is 3.98. The molecule has 13 heavy (non-hydrogen) atoms. The van der Waals surface area contributed by atoms with E-state index in [1.807, 2.05) is 6.07 Å². The van der Waals surface area contributed by atoms with Gasteiger partial charge in [0.25, 0.3) is 0 Å². The molecule has 0 aromatic carbocycles. The van der Waals surface area contributed by atoms with Gasteiger partial charge in [-0.3, -0.25) is 0 Å². The van der Waals surface area contributed by atoms with Crippen LogP contribution in [0.15, 0.2) is 0 Å². The van der Waals surface area contributed by atoms with Crippen molar-refractivity contribution in [2.75, 3.05) is 5.32 Å². The van der Waals surface area contributed by atoms with E-state index in [0.29, 0.717) is 10.0 Å². The van der Waals surface area contributed by atoms with Crippen LogP contribution < -0.4 is 5.32 Å². The third-order valence-corrected chi connectivity index (χ3v) is 3.36. The molecule has 0 atom stereocenters. The summed E-state index contributed by atoms with van der Waals surface area (Å²) >= 11 is 7.04. The fourth-order valence-corrected chi connectivity index (χ4v) is 2.09. The highest BCUT2D eigenvalue weighted by Crippen LogP contribution is 2.39. The van der Waals surface area contributed by atoms with Crippen molar-refractivity contribution in [2.45, 2.75) is 25.3 Å². The predicted molar refractivity (Wildman–Crippen MR) is 53.1 cm³/mol. The quantitative estimate of drug-likeness (QED) is 0.822. The van der Waals surface area contributed by atoms with E-state index in [1.54, 1.807) is 0 Å². The molecular weight excluding hydrogens is 206 g/mol. The van der Waals surface area contributed by atoms with E-state index in [4.69, 9.17) is 16.9 Å². The molecule has 1 heterocycles. The molecule has 5 heteroatoms. The van der Waals surface area contributed by atoms with Gasteiger partial charge in [-0.05, 0) is 19.8 Å². The Morgan fingerprint density at radius 1 is 1.69 bits per heavy atom. The van der Waals surface area contributed by atoms with Crippen molar-refractivity contribution in [2.24, 2.45) is 0 Å². The summed E-state index contributed by atoms with van der Waals surface area (Å²) in [4.78, 5) is 4.54. The maximum atomic E-state index is 8.65. The molecule has 1 aliphatic rings. The smallest absolute Gasteiger partial charge is 0.185 e. The SMILES string of the molecule is CC1(Nc2nc(Cl)c(C#N)s2)CC1. The molecule has 1 saturated carbocycles. The molecule has 0 unspecified atom stereocenters. The number of nitrogens with zero attached hydrogens (tertiary/aromatic N) is 2. The maximum Gasteiger partial charge on any atom is 0.185 e. The van der Waals surface area contributed by atoms with Gasteiger partial charge in [0.1, 0.15) is 10.9 Å². The Morgan fingerprint density at radius 2 is 2.38 bits per heavy atom. The number of hydrogen-bond acceptors (Lipinski definition) is 4. The van der Waals surface area contributed by atoms with Gasteiger partial charge in [-0.2, -0.15) is 5.26 Å². The van der Waals surface area contributed by atoms with Crippen molar-refractivity contribution >= 4 is 28.1 Å². The third kappa shape index (κ3) is 1.77. The first kappa shape index (κ1) is 8.79. The summed E-state index contributed by atoms with van der Waals surface area (Å²) in [7, 11) is 0. The molecule has 1 aromatic heterocycles. The van der Waals surface area contributed by atoms with Gasteiger partial charge in [0.15, 0.2) is 10.3 Å². The second-order valence-electron chi connectivity index (χ2n) is 3.44. The molecule has 1 N–H and O–H groups in total. The van der Waals surface area contributed by atoms with E-state index < -0.39 is 0 Å². The lowest BCUT2D eigenvalue weighted by Gasteiger charge is -2.07. The first-order valence-corrected chi connectivity index (χ1v) is 5.17. The Balaban J connectivity index is 2.18. The van der Waals surface area contributed by atoms with Gasteiger partial charge in [-0.25, -0.2) is 4.98 Å². The van der Waals surface area contributed by atoms with Crippen LogP contribution in [0.25, 0.3) is 0 Å². The molecule has 0 bridgehead atoms. The number of aromatic nitrogens is 1. The Hall–Kier alpha value is -0.790. The van der Waals surface area contributed by atoms with Crippen molar-refractivity contribution in [3.63, 3.8) is 0 Å². The molecule has 0 saturated heterocycles. The van der Waals surface area contributed by atoms with Gasteiger partial charge >= 0.3 is 0 Å². The van der Waals surface area contributed by atoms with E-state index in [-0.39, 0.29) is 5.54 Å². The summed E-state index contributed by atoms with van der Waals surface area (Å²) in [5.74, 6) is 0. The van der Waals surface area contributed by atoms with E-state index >= 15 is 0 Å². The Labute approximate surface area is 85.4 Å². The minimum Gasteiger partial charge on any atom is -0.356 e. The Bertz CT molecular complexity index is 375. The van der Waals surface area contributed by atoms with Crippen molar-refractivity contribution < 1.29 is 0 Å². The number of thiazole rings is 1. The van der Waals surface area contributed by atoms with Gasteiger partial charge in [0, 0.05) is 5.54 Å². The molecule has 0 amide bonds. The molecule has 0 spiro atoms. The van der Waals surface area contributed by atoms with Crippen LogP contribution in [0.3, 0.4) is 0 Å². The van der Waals surface area contributed by atoms with Crippen molar-refractivity contribution in [1.82, 2.24) is 4.98 Å². The molecule has 68 valence electrons. The molecule has 0 aliphatic heterocycles. The number of nitrogens with one attached hydrogen (secondary N) is 1. The van der Waals surface area contributed by atoms with E-state index in [1.165, 1.54) is 11.3 Å². The zero-order chi connectivity index (χ0) is 9.47. The molecule has 3 nitrogen and oxygen atoms in total. The van der Waals surface area contributed by atoms with Crippen LogP contribution >= 0.6 is 22.9 Å². The number of anilines is 1. The molecule has 1 fully saturated rings. The molecule has 0 radical (unpaired) electrons. The maximum absolute atomic E-state index is 8.65. The van der Waals surface area contributed by atoms with Crippen LogP contribution in [0.4, 0.5) is 5.13 Å². The lowest BCUT2D eigenvalue weighted by atomic mass is 10.3. The highest BCUT2D eigenvalue weighted by atomic mass is 35.5. The summed E-state index contributed by atoms with van der Waals surface area (Å²) in [6, 6.07) is 2.01. The predicted octanol–water partition coefficient (Wildman–Crippen LogP) is 2.63. The van der Waals surface area contributed by atoms with E-state index in [0.717, 1.165) is 18.0 Å². The van der Waals surface area contributed by atoms with Crippen molar-refractivity contribution in [1.29, 1.82) is 5.26 Å². The average molecular weight is 214 g/mol. The van der Waals surface area contributed by atoms with Gasteiger partial charge in [0.2, 0.25) is 0 Å². The highest BCUT2D eigenvalue weighted by Gasteiger charge is 2.38. The summed E-state index contributed by atoms with van der Waals surface area (Å²) in [6.45, 7) is 2.13. The zero-order valence-corrected chi connectivity index (χ0v) is 8.67. The van der Waals surface area contributed by atoms with Gasteiger partial charge in [-0.1, -0.05) is 22.9 Å². The number of nitriles is 1. The Morgan fingerprint density at radius 3 is 2.85 bits per heavy atom. The standard InChI is InChI=1S/C8H8ClN3S/c1-8(2-3-8)12-7-11-6(9)5(4-10)13-7/h2-3H2,1H3,(H,11,12). The van der Waals surface area contributed by atoms with Gasteiger partial charge < -0.3 is 5.32 Å². The Kier molecular flexibility index (Phi) is 1.94. The van der Waals surface area contributed by atoms with E-state index in [2.05, 4.69) is 17.2 Å². The molecule has 1 aromatic rings. The monoisotopic (exact) mass is 213 g/mol. The lowest BCUT2D eigenvalue weighted by molar-refractivity contribution is 0.827. The number of halogens is 1. The molecular formula is C8H8ClN3S. The largest absolute Gasteiger partial charge is 0.356 e. The fourth-order valence-electron chi connectivity index (χ4n) is 0.995. The first-order chi connectivity index (χ1) is 6.13. The summed E-state index contributed by atoms with van der Waals surface area (Å²) in [5.41, 5.74) is 0.188. The van der Waals surface area contributed by atoms with Crippen LogP contribution in [0, 0.1) is 11.3 Å².